The zero-order valence-corrected chi connectivity index (χ0v) is 18.8. The standard InChI is InChI=1S/C22H23N5O2S2/c1-17(15-23)16-30-22-25-24-21(27(22)19-9-3-2-4-10-19)18-8-7-11-20(14-18)31(28,29)26-12-5-6-13-26/h2-4,7-11,14,17H,5-6,12-13,16H2,1H3/t17-/m1/s1. The molecule has 3 aromatic rings. The van der Waals surface area contributed by atoms with E-state index in [4.69, 9.17) is 5.26 Å². The third kappa shape index (κ3) is 4.51. The molecule has 2 heterocycles. The van der Waals surface area contributed by atoms with Crippen LogP contribution in [0.15, 0.2) is 64.6 Å². The van der Waals surface area contributed by atoms with Crippen molar-refractivity contribution in [2.24, 2.45) is 5.92 Å². The summed E-state index contributed by atoms with van der Waals surface area (Å²) in [5, 5.41) is 18.5. The van der Waals surface area contributed by atoms with Crippen LogP contribution >= 0.6 is 11.8 Å². The van der Waals surface area contributed by atoms with Crippen molar-refractivity contribution >= 4 is 21.8 Å². The molecule has 31 heavy (non-hydrogen) atoms. The fraction of sp³-hybridized carbons (Fsp3) is 0.318. The first-order chi connectivity index (χ1) is 15.0. The monoisotopic (exact) mass is 453 g/mol. The maximum absolute atomic E-state index is 13.0. The third-order valence-corrected chi connectivity index (χ3v) is 8.21. The van der Waals surface area contributed by atoms with Gasteiger partial charge in [-0.3, -0.25) is 4.57 Å². The Hall–Kier alpha value is -2.67. The van der Waals surface area contributed by atoms with Crippen molar-refractivity contribution in [2.75, 3.05) is 18.8 Å². The molecule has 0 spiro atoms. The Morgan fingerprint density at radius 1 is 1.10 bits per heavy atom. The second-order valence-corrected chi connectivity index (χ2v) is 10.4. The molecule has 1 aromatic heterocycles. The Balaban J connectivity index is 1.76. The summed E-state index contributed by atoms with van der Waals surface area (Å²) in [7, 11) is -3.53. The molecule has 0 radical (unpaired) electrons. The molecule has 160 valence electrons. The van der Waals surface area contributed by atoms with Gasteiger partial charge in [0, 0.05) is 30.1 Å². The molecule has 1 aliphatic rings. The fourth-order valence-electron chi connectivity index (χ4n) is 3.47. The van der Waals surface area contributed by atoms with Gasteiger partial charge in [-0.1, -0.05) is 42.1 Å². The Labute approximate surface area is 186 Å². The normalized spacial score (nSPS) is 15.6. The molecule has 2 aromatic carbocycles. The van der Waals surface area contributed by atoms with Crippen LogP contribution in [0, 0.1) is 17.2 Å². The summed E-state index contributed by atoms with van der Waals surface area (Å²) >= 11 is 1.46. The first-order valence-corrected chi connectivity index (χ1v) is 12.6. The molecule has 0 saturated carbocycles. The first-order valence-electron chi connectivity index (χ1n) is 10.1. The van der Waals surface area contributed by atoms with Gasteiger partial charge < -0.3 is 0 Å². The average molecular weight is 454 g/mol. The van der Waals surface area contributed by atoms with Crippen molar-refractivity contribution in [3.63, 3.8) is 0 Å². The number of nitriles is 1. The lowest BCUT2D eigenvalue weighted by Crippen LogP contribution is -2.27. The van der Waals surface area contributed by atoms with Gasteiger partial charge in [0.2, 0.25) is 10.0 Å². The van der Waals surface area contributed by atoms with Gasteiger partial charge in [0.25, 0.3) is 0 Å². The lowest BCUT2D eigenvalue weighted by atomic mass is 10.2. The first kappa shape index (κ1) is 21.6. The van der Waals surface area contributed by atoms with Crippen molar-refractivity contribution in [3.05, 3.63) is 54.6 Å². The van der Waals surface area contributed by atoms with Crippen LogP contribution in [0.4, 0.5) is 0 Å². The molecule has 1 fully saturated rings. The molecular weight excluding hydrogens is 430 g/mol. The summed E-state index contributed by atoms with van der Waals surface area (Å²) in [6.07, 6.45) is 1.78. The molecule has 1 atom stereocenters. The van der Waals surface area contributed by atoms with Crippen LogP contribution in [0.25, 0.3) is 17.1 Å². The van der Waals surface area contributed by atoms with Crippen LogP contribution in [0.5, 0.6) is 0 Å². The van der Waals surface area contributed by atoms with Crippen LogP contribution in [-0.2, 0) is 10.0 Å². The molecule has 0 N–H and O–H groups in total. The maximum atomic E-state index is 13.0. The van der Waals surface area contributed by atoms with Crippen LogP contribution in [0.1, 0.15) is 19.8 Å². The van der Waals surface area contributed by atoms with E-state index in [1.165, 1.54) is 11.8 Å². The molecule has 0 unspecified atom stereocenters. The zero-order valence-electron chi connectivity index (χ0n) is 17.2. The number of sulfonamides is 1. The summed E-state index contributed by atoms with van der Waals surface area (Å²) in [5.74, 6) is 1.03. The molecule has 4 rings (SSSR count). The van der Waals surface area contributed by atoms with Crippen molar-refractivity contribution in [1.82, 2.24) is 19.1 Å². The Morgan fingerprint density at radius 3 is 2.55 bits per heavy atom. The van der Waals surface area contributed by atoms with Crippen molar-refractivity contribution in [2.45, 2.75) is 29.8 Å². The number of hydrogen-bond acceptors (Lipinski definition) is 6. The highest BCUT2D eigenvalue weighted by Crippen LogP contribution is 2.31. The van der Waals surface area contributed by atoms with E-state index in [0.717, 1.165) is 18.5 Å². The molecule has 1 aliphatic heterocycles. The van der Waals surface area contributed by atoms with Gasteiger partial charge >= 0.3 is 0 Å². The topological polar surface area (TPSA) is 91.9 Å². The molecular formula is C22H23N5O2S2. The highest BCUT2D eigenvalue weighted by molar-refractivity contribution is 7.99. The van der Waals surface area contributed by atoms with E-state index in [9.17, 15) is 8.42 Å². The summed E-state index contributed by atoms with van der Waals surface area (Å²) in [6.45, 7) is 2.99. The van der Waals surface area contributed by atoms with E-state index < -0.39 is 10.0 Å². The Kier molecular flexibility index (Phi) is 6.41. The van der Waals surface area contributed by atoms with Crippen LogP contribution in [0.2, 0.25) is 0 Å². The predicted octanol–water partition coefficient (Wildman–Crippen LogP) is 3.97. The molecule has 1 saturated heterocycles. The summed E-state index contributed by atoms with van der Waals surface area (Å²) < 4.78 is 29.5. The van der Waals surface area contributed by atoms with Gasteiger partial charge in [0.1, 0.15) is 0 Å². The Morgan fingerprint density at radius 2 is 1.84 bits per heavy atom. The lowest BCUT2D eigenvalue weighted by molar-refractivity contribution is 0.477. The predicted molar refractivity (Wildman–Crippen MR) is 120 cm³/mol. The highest BCUT2D eigenvalue weighted by Gasteiger charge is 2.28. The Bertz CT molecular complexity index is 1200. The lowest BCUT2D eigenvalue weighted by Gasteiger charge is -2.16. The van der Waals surface area contributed by atoms with Gasteiger partial charge in [-0.25, -0.2) is 8.42 Å². The molecule has 9 heteroatoms. The zero-order chi connectivity index (χ0) is 21.8. The van der Waals surface area contributed by atoms with Crippen molar-refractivity contribution < 1.29 is 8.42 Å². The summed E-state index contributed by atoms with van der Waals surface area (Å²) in [4.78, 5) is 0.266. The SMILES string of the molecule is C[C@H](C#N)CSc1nnc(-c2cccc(S(=O)(=O)N3CCCC3)c2)n1-c1ccccc1. The van der Waals surface area contributed by atoms with E-state index in [0.29, 0.717) is 35.4 Å². The third-order valence-electron chi connectivity index (χ3n) is 5.13. The maximum Gasteiger partial charge on any atom is 0.243 e. The van der Waals surface area contributed by atoms with Crippen molar-refractivity contribution in [1.29, 1.82) is 5.26 Å². The quantitative estimate of drug-likeness (QED) is 0.503. The van der Waals surface area contributed by atoms with E-state index in [-0.39, 0.29) is 10.8 Å². The number of nitrogens with zero attached hydrogens (tertiary/aromatic N) is 5. The van der Waals surface area contributed by atoms with Gasteiger partial charge in [-0.2, -0.15) is 9.57 Å². The molecule has 0 aliphatic carbocycles. The average Bonchev–Trinajstić information content (AvgIpc) is 3.49. The van der Waals surface area contributed by atoms with E-state index in [2.05, 4.69) is 16.3 Å². The highest BCUT2D eigenvalue weighted by atomic mass is 32.2. The number of thioether (sulfide) groups is 1. The van der Waals surface area contributed by atoms with E-state index >= 15 is 0 Å². The van der Waals surface area contributed by atoms with E-state index in [1.54, 1.807) is 22.5 Å². The number of para-hydroxylation sites is 1. The molecule has 0 bridgehead atoms. The fourth-order valence-corrected chi connectivity index (χ4v) is 5.93. The number of benzene rings is 2. The largest absolute Gasteiger partial charge is 0.270 e. The second kappa shape index (κ2) is 9.22. The number of aromatic nitrogens is 3. The van der Waals surface area contributed by atoms with Crippen LogP contribution in [0.3, 0.4) is 0 Å². The van der Waals surface area contributed by atoms with Crippen LogP contribution in [-0.4, -0.2) is 46.3 Å². The van der Waals surface area contributed by atoms with Crippen LogP contribution < -0.4 is 0 Å². The molecule has 7 nitrogen and oxygen atoms in total. The van der Waals surface area contributed by atoms with Gasteiger partial charge in [-0.05, 0) is 44.0 Å². The number of rotatable bonds is 7. The summed E-state index contributed by atoms with van der Waals surface area (Å²) in [5.41, 5.74) is 1.55. The molecule has 0 amide bonds. The smallest absolute Gasteiger partial charge is 0.243 e. The van der Waals surface area contributed by atoms with Gasteiger partial charge in [-0.15, -0.1) is 10.2 Å². The minimum atomic E-state index is -3.53. The van der Waals surface area contributed by atoms with Gasteiger partial charge in [0.15, 0.2) is 11.0 Å². The minimum Gasteiger partial charge on any atom is -0.270 e. The second-order valence-electron chi connectivity index (χ2n) is 7.46. The minimum absolute atomic E-state index is 0.122. The van der Waals surface area contributed by atoms with Gasteiger partial charge in [0.05, 0.1) is 16.9 Å². The van der Waals surface area contributed by atoms with E-state index in [1.807, 2.05) is 47.9 Å². The number of hydrogen-bond donors (Lipinski definition) is 0. The summed E-state index contributed by atoms with van der Waals surface area (Å²) in [6, 6.07) is 18.8. The van der Waals surface area contributed by atoms with Crippen molar-refractivity contribution in [3.8, 4) is 23.1 Å².